The number of likely N-dealkylation sites (tertiary alicyclic amines) is 1. The van der Waals surface area contributed by atoms with Crippen LogP contribution >= 0.6 is 12.2 Å². The van der Waals surface area contributed by atoms with Gasteiger partial charge in [0, 0.05) is 17.8 Å². The molecule has 0 aromatic heterocycles. The van der Waals surface area contributed by atoms with Crippen molar-refractivity contribution >= 4 is 23.0 Å². The molecule has 0 spiro atoms. The number of benzene rings is 1. The molecule has 1 saturated heterocycles. The highest BCUT2D eigenvalue weighted by Gasteiger charge is 2.26. The van der Waals surface area contributed by atoms with E-state index in [4.69, 9.17) is 17.0 Å². The summed E-state index contributed by atoms with van der Waals surface area (Å²) in [6.07, 6.45) is 3.73. The van der Waals surface area contributed by atoms with Gasteiger partial charge in [-0.05, 0) is 76.5 Å². The second-order valence-electron chi connectivity index (χ2n) is 5.42. The van der Waals surface area contributed by atoms with Crippen molar-refractivity contribution in [2.24, 2.45) is 0 Å². The van der Waals surface area contributed by atoms with E-state index in [0.717, 1.165) is 16.5 Å². The van der Waals surface area contributed by atoms with E-state index in [1.54, 1.807) is 0 Å². The minimum absolute atomic E-state index is 0.515. The molecule has 2 atom stereocenters. The van der Waals surface area contributed by atoms with Crippen molar-refractivity contribution in [1.82, 2.24) is 4.90 Å². The zero-order chi connectivity index (χ0) is 14.5. The van der Waals surface area contributed by atoms with Crippen molar-refractivity contribution in [1.29, 1.82) is 0 Å². The zero-order valence-electron chi connectivity index (χ0n) is 12.6. The quantitative estimate of drug-likeness (QED) is 0.850. The van der Waals surface area contributed by atoms with Gasteiger partial charge in [-0.1, -0.05) is 0 Å². The number of thiocarbonyl (C=S) groups is 1. The third-order valence-electron chi connectivity index (χ3n) is 3.84. The van der Waals surface area contributed by atoms with E-state index in [1.807, 2.05) is 31.2 Å². The lowest BCUT2D eigenvalue weighted by atomic mass is 9.98. The van der Waals surface area contributed by atoms with Gasteiger partial charge in [0.2, 0.25) is 0 Å². The molecule has 1 fully saturated rings. The topological polar surface area (TPSA) is 24.5 Å². The summed E-state index contributed by atoms with van der Waals surface area (Å²) in [5, 5.41) is 4.17. The largest absolute Gasteiger partial charge is 0.494 e. The lowest BCUT2D eigenvalue weighted by molar-refractivity contribution is 0.194. The Kier molecular flexibility index (Phi) is 5.24. The van der Waals surface area contributed by atoms with Gasteiger partial charge in [0.05, 0.1) is 6.61 Å². The Morgan fingerprint density at radius 3 is 2.40 bits per heavy atom. The molecule has 0 bridgehead atoms. The Bertz CT molecular complexity index is 436. The molecule has 4 heteroatoms. The number of nitrogens with one attached hydrogen (secondary N) is 1. The summed E-state index contributed by atoms with van der Waals surface area (Å²) in [7, 11) is 0. The molecule has 110 valence electrons. The first-order valence-corrected chi connectivity index (χ1v) is 7.84. The highest BCUT2D eigenvalue weighted by Crippen LogP contribution is 2.24. The maximum absolute atomic E-state index is 5.58. The van der Waals surface area contributed by atoms with E-state index in [1.165, 1.54) is 19.3 Å². The lowest BCUT2D eigenvalue weighted by Gasteiger charge is -2.40. The summed E-state index contributed by atoms with van der Waals surface area (Å²) >= 11 is 5.58. The Balaban J connectivity index is 1.99. The van der Waals surface area contributed by atoms with Crippen LogP contribution in [0.3, 0.4) is 0 Å². The first-order chi connectivity index (χ1) is 9.61. The van der Waals surface area contributed by atoms with Crippen LogP contribution in [0, 0.1) is 0 Å². The van der Waals surface area contributed by atoms with Gasteiger partial charge in [-0.3, -0.25) is 0 Å². The molecule has 0 aliphatic carbocycles. The molecular formula is C16H24N2OS. The smallest absolute Gasteiger partial charge is 0.173 e. The molecule has 0 saturated carbocycles. The van der Waals surface area contributed by atoms with Gasteiger partial charge in [0.1, 0.15) is 5.75 Å². The lowest BCUT2D eigenvalue weighted by Crippen LogP contribution is -2.49. The van der Waals surface area contributed by atoms with Crippen LogP contribution in [0.5, 0.6) is 5.75 Å². The molecule has 1 N–H and O–H groups in total. The molecular weight excluding hydrogens is 268 g/mol. The Hall–Kier alpha value is -1.29. The maximum atomic E-state index is 5.58. The summed E-state index contributed by atoms with van der Waals surface area (Å²) < 4.78 is 5.45. The number of rotatable bonds is 3. The van der Waals surface area contributed by atoms with Crippen molar-refractivity contribution in [3.8, 4) is 5.75 Å². The Labute approximate surface area is 127 Å². The molecule has 0 amide bonds. The van der Waals surface area contributed by atoms with E-state index in [-0.39, 0.29) is 0 Å². The third-order valence-corrected chi connectivity index (χ3v) is 4.16. The van der Waals surface area contributed by atoms with Crippen LogP contribution in [-0.2, 0) is 0 Å². The molecule has 1 heterocycles. The minimum atomic E-state index is 0.515. The maximum Gasteiger partial charge on any atom is 0.173 e. The molecule has 1 aliphatic heterocycles. The van der Waals surface area contributed by atoms with Crippen LogP contribution in [0.1, 0.15) is 40.0 Å². The molecule has 1 aliphatic rings. The highest BCUT2D eigenvalue weighted by molar-refractivity contribution is 7.80. The number of hydrogen-bond donors (Lipinski definition) is 1. The number of nitrogens with zero attached hydrogens (tertiary/aromatic N) is 1. The fraction of sp³-hybridized carbons (Fsp3) is 0.562. The average Bonchev–Trinajstić information content (AvgIpc) is 2.41. The Morgan fingerprint density at radius 2 is 1.85 bits per heavy atom. The fourth-order valence-electron chi connectivity index (χ4n) is 2.81. The number of hydrogen-bond acceptors (Lipinski definition) is 2. The second-order valence-corrected chi connectivity index (χ2v) is 5.81. The van der Waals surface area contributed by atoms with Crippen molar-refractivity contribution in [3.63, 3.8) is 0 Å². The van der Waals surface area contributed by atoms with Gasteiger partial charge in [0.15, 0.2) is 5.11 Å². The first kappa shape index (κ1) is 15.1. The van der Waals surface area contributed by atoms with Crippen LogP contribution < -0.4 is 10.1 Å². The summed E-state index contributed by atoms with van der Waals surface area (Å²) in [4.78, 5) is 2.33. The summed E-state index contributed by atoms with van der Waals surface area (Å²) in [5.74, 6) is 0.892. The van der Waals surface area contributed by atoms with Crippen LogP contribution in [-0.4, -0.2) is 28.7 Å². The predicted molar refractivity (Wildman–Crippen MR) is 88.4 cm³/mol. The standard InChI is InChI=1S/C16H24N2OS/c1-4-19-15-10-8-14(9-11-15)17-16(20)18-12(2)6-5-7-13(18)3/h8-13H,4-7H2,1-3H3,(H,17,20). The fourth-order valence-corrected chi connectivity index (χ4v) is 3.29. The van der Waals surface area contributed by atoms with Crippen LogP contribution in [0.15, 0.2) is 24.3 Å². The molecule has 1 aromatic rings. The highest BCUT2D eigenvalue weighted by atomic mass is 32.1. The van der Waals surface area contributed by atoms with Gasteiger partial charge < -0.3 is 15.0 Å². The van der Waals surface area contributed by atoms with E-state index in [2.05, 4.69) is 24.1 Å². The Morgan fingerprint density at radius 1 is 1.25 bits per heavy atom. The molecule has 1 aromatic carbocycles. The number of anilines is 1. The van der Waals surface area contributed by atoms with Gasteiger partial charge in [-0.25, -0.2) is 0 Å². The monoisotopic (exact) mass is 292 g/mol. The number of ether oxygens (including phenoxy) is 1. The molecule has 0 radical (unpaired) electrons. The van der Waals surface area contributed by atoms with Crippen molar-refractivity contribution in [2.75, 3.05) is 11.9 Å². The van der Waals surface area contributed by atoms with Gasteiger partial charge in [-0.15, -0.1) is 0 Å². The van der Waals surface area contributed by atoms with Crippen LogP contribution in [0.4, 0.5) is 5.69 Å². The average molecular weight is 292 g/mol. The van der Waals surface area contributed by atoms with E-state index >= 15 is 0 Å². The van der Waals surface area contributed by atoms with Crippen molar-refractivity contribution in [2.45, 2.75) is 52.1 Å². The van der Waals surface area contributed by atoms with E-state index in [0.29, 0.717) is 18.7 Å². The summed E-state index contributed by atoms with van der Waals surface area (Å²) in [5.41, 5.74) is 1.02. The number of piperidine rings is 1. The normalized spacial score (nSPS) is 22.4. The van der Waals surface area contributed by atoms with E-state index < -0.39 is 0 Å². The zero-order valence-corrected chi connectivity index (χ0v) is 13.4. The van der Waals surface area contributed by atoms with Gasteiger partial charge >= 0.3 is 0 Å². The SMILES string of the molecule is CCOc1ccc(NC(=S)N2C(C)CCCC2C)cc1. The summed E-state index contributed by atoms with van der Waals surface area (Å²) in [6, 6.07) is 8.99. The predicted octanol–water partition coefficient (Wildman–Crippen LogP) is 4.05. The molecule has 20 heavy (non-hydrogen) atoms. The van der Waals surface area contributed by atoms with Crippen LogP contribution in [0.2, 0.25) is 0 Å². The minimum Gasteiger partial charge on any atom is -0.494 e. The molecule has 3 nitrogen and oxygen atoms in total. The van der Waals surface area contributed by atoms with Crippen molar-refractivity contribution < 1.29 is 4.74 Å². The molecule has 2 rings (SSSR count). The van der Waals surface area contributed by atoms with Gasteiger partial charge in [0.25, 0.3) is 0 Å². The van der Waals surface area contributed by atoms with Crippen LogP contribution in [0.25, 0.3) is 0 Å². The third kappa shape index (κ3) is 3.63. The van der Waals surface area contributed by atoms with E-state index in [9.17, 15) is 0 Å². The molecule has 2 unspecified atom stereocenters. The van der Waals surface area contributed by atoms with Crippen molar-refractivity contribution in [3.05, 3.63) is 24.3 Å². The van der Waals surface area contributed by atoms with Gasteiger partial charge in [-0.2, -0.15) is 0 Å². The summed E-state index contributed by atoms with van der Waals surface area (Å²) in [6.45, 7) is 7.18. The second kappa shape index (κ2) is 6.93. The first-order valence-electron chi connectivity index (χ1n) is 7.44.